The molecule has 0 aliphatic carbocycles. The highest BCUT2D eigenvalue weighted by atomic mass is 16.5. The molecular formula is C8H11NO3. The fraction of sp³-hybridized carbons (Fsp3) is 0.500. The number of nitrogens with zero attached hydrogens (tertiary/aromatic N) is 1. The molecular weight excluding hydrogens is 158 g/mol. The number of carbonyl (C=O) groups is 1. The van der Waals surface area contributed by atoms with Gasteiger partial charge in [-0.1, -0.05) is 13.5 Å². The maximum atomic E-state index is 10.9. The zero-order valence-electron chi connectivity index (χ0n) is 7.16. The number of isocyanates is 1. The number of esters is 1. The Morgan fingerprint density at radius 1 is 1.75 bits per heavy atom. The standard InChI is InChI=1S/C8H11NO3/c1-4-7(9-5-10)6(2)8(11)12-3/h7H,2,4H2,1,3H3. The van der Waals surface area contributed by atoms with Crippen LogP contribution < -0.4 is 0 Å². The second-order valence-corrected chi connectivity index (χ2v) is 2.16. The maximum absolute atomic E-state index is 10.9. The highest BCUT2D eigenvalue weighted by molar-refractivity contribution is 5.89. The number of methoxy groups -OCH3 is 1. The molecule has 1 atom stereocenters. The minimum absolute atomic E-state index is 0.184. The molecule has 0 aliphatic rings. The van der Waals surface area contributed by atoms with E-state index in [9.17, 15) is 9.59 Å². The van der Waals surface area contributed by atoms with Crippen LogP contribution in [0.1, 0.15) is 13.3 Å². The Balaban J connectivity index is 4.41. The zero-order chi connectivity index (χ0) is 9.56. The van der Waals surface area contributed by atoms with Gasteiger partial charge in [0.05, 0.1) is 18.7 Å². The van der Waals surface area contributed by atoms with Crippen molar-refractivity contribution in [3.05, 3.63) is 12.2 Å². The van der Waals surface area contributed by atoms with E-state index >= 15 is 0 Å². The third kappa shape index (κ3) is 2.68. The van der Waals surface area contributed by atoms with Crippen molar-refractivity contribution in [1.29, 1.82) is 0 Å². The highest BCUT2D eigenvalue weighted by Crippen LogP contribution is 2.09. The average molecular weight is 169 g/mol. The second kappa shape index (κ2) is 5.27. The molecule has 0 aromatic heterocycles. The average Bonchev–Trinajstić information content (AvgIpc) is 2.11. The van der Waals surface area contributed by atoms with Crippen LogP contribution in [0.15, 0.2) is 17.1 Å². The SMILES string of the molecule is C=C(C(=O)OC)C(CC)N=C=O. The first kappa shape index (κ1) is 10.6. The van der Waals surface area contributed by atoms with Crippen LogP contribution in [0.3, 0.4) is 0 Å². The number of rotatable bonds is 4. The van der Waals surface area contributed by atoms with Crippen LogP contribution in [0, 0.1) is 0 Å². The topological polar surface area (TPSA) is 55.7 Å². The molecule has 0 fully saturated rings. The monoisotopic (exact) mass is 169 g/mol. The summed E-state index contributed by atoms with van der Waals surface area (Å²) in [6.07, 6.45) is 1.92. The van der Waals surface area contributed by atoms with Crippen molar-refractivity contribution in [2.75, 3.05) is 7.11 Å². The summed E-state index contributed by atoms with van der Waals surface area (Å²) in [5, 5.41) is 0. The lowest BCUT2D eigenvalue weighted by molar-refractivity contribution is -0.136. The summed E-state index contributed by atoms with van der Waals surface area (Å²) in [5.74, 6) is -0.541. The first-order valence-corrected chi connectivity index (χ1v) is 3.51. The van der Waals surface area contributed by atoms with Crippen molar-refractivity contribution in [3.8, 4) is 0 Å². The van der Waals surface area contributed by atoms with Gasteiger partial charge in [-0.25, -0.2) is 9.59 Å². The van der Waals surface area contributed by atoms with Crippen LogP contribution in [0.4, 0.5) is 0 Å². The number of aliphatic imine (C=N–C) groups is 1. The molecule has 66 valence electrons. The first-order chi connectivity index (χ1) is 5.67. The lowest BCUT2D eigenvalue weighted by Crippen LogP contribution is -2.15. The molecule has 4 nitrogen and oxygen atoms in total. The summed E-state index contributed by atoms with van der Waals surface area (Å²) in [4.78, 5) is 24.2. The van der Waals surface area contributed by atoms with E-state index in [1.165, 1.54) is 13.2 Å². The van der Waals surface area contributed by atoms with E-state index in [1.54, 1.807) is 6.92 Å². The van der Waals surface area contributed by atoms with Crippen molar-refractivity contribution >= 4 is 12.0 Å². The van der Waals surface area contributed by atoms with Gasteiger partial charge in [-0.05, 0) is 6.42 Å². The van der Waals surface area contributed by atoms with Gasteiger partial charge in [0, 0.05) is 0 Å². The fourth-order valence-corrected chi connectivity index (χ4v) is 0.746. The normalized spacial score (nSPS) is 11.2. The molecule has 4 heteroatoms. The third-order valence-electron chi connectivity index (χ3n) is 1.45. The van der Waals surface area contributed by atoms with Crippen molar-refractivity contribution in [2.45, 2.75) is 19.4 Å². The molecule has 1 unspecified atom stereocenters. The largest absolute Gasteiger partial charge is 0.466 e. The molecule has 0 aromatic rings. The van der Waals surface area contributed by atoms with Gasteiger partial charge < -0.3 is 4.74 Å². The van der Waals surface area contributed by atoms with Gasteiger partial charge in [-0.2, -0.15) is 4.99 Å². The molecule has 12 heavy (non-hydrogen) atoms. The molecule has 0 N–H and O–H groups in total. The van der Waals surface area contributed by atoms with Crippen LogP contribution in [0.2, 0.25) is 0 Å². The summed E-state index contributed by atoms with van der Waals surface area (Å²) in [6, 6.07) is -0.505. The number of carbonyl (C=O) groups excluding carboxylic acids is 2. The summed E-state index contributed by atoms with van der Waals surface area (Å²) in [5.41, 5.74) is 0.184. The molecule has 0 saturated carbocycles. The van der Waals surface area contributed by atoms with E-state index in [4.69, 9.17) is 0 Å². The lowest BCUT2D eigenvalue weighted by Gasteiger charge is -2.08. The van der Waals surface area contributed by atoms with Gasteiger partial charge in [0.2, 0.25) is 6.08 Å². The third-order valence-corrected chi connectivity index (χ3v) is 1.45. The highest BCUT2D eigenvalue weighted by Gasteiger charge is 2.16. The van der Waals surface area contributed by atoms with E-state index in [1.807, 2.05) is 0 Å². The van der Waals surface area contributed by atoms with E-state index in [0.29, 0.717) is 6.42 Å². The predicted octanol–water partition coefficient (Wildman–Crippen LogP) is 0.830. The molecule has 0 radical (unpaired) electrons. The maximum Gasteiger partial charge on any atom is 0.335 e. The van der Waals surface area contributed by atoms with Gasteiger partial charge in [-0.3, -0.25) is 0 Å². The molecule has 0 spiro atoms. The first-order valence-electron chi connectivity index (χ1n) is 3.51. The quantitative estimate of drug-likeness (QED) is 0.271. The van der Waals surface area contributed by atoms with Crippen molar-refractivity contribution < 1.29 is 14.3 Å². The van der Waals surface area contributed by atoms with E-state index in [-0.39, 0.29) is 5.57 Å². The van der Waals surface area contributed by atoms with Crippen LogP contribution >= 0.6 is 0 Å². The summed E-state index contributed by atoms with van der Waals surface area (Å²) < 4.78 is 4.41. The Labute approximate surface area is 70.9 Å². The lowest BCUT2D eigenvalue weighted by atomic mass is 10.1. The molecule has 0 saturated heterocycles. The van der Waals surface area contributed by atoms with Crippen LogP contribution in [-0.4, -0.2) is 25.2 Å². The van der Waals surface area contributed by atoms with Gasteiger partial charge in [-0.15, -0.1) is 0 Å². The Morgan fingerprint density at radius 3 is 2.67 bits per heavy atom. The number of hydrogen-bond acceptors (Lipinski definition) is 4. The van der Waals surface area contributed by atoms with Crippen LogP contribution in [-0.2, 0) is 14.3 Å². The molecule has 0 amide bonds. The van der Waals surface area contributed by atoms with Crippen LogP contribution in [0.25, 0.3) is 0 Å². The molecule has 0 aliphatic heterocycles. The number of hydrogen-bond donors (Lipinski definition) is 0. The Kier molecular flexibility index (Phi) is 4.65. The summed E-state index contributed by atoms with van der Waals surface area (Å²) >= 11 is 0. The second-order valence-electron chi connectivity index (χ2n) is 2.16. The zero-order valence-corrected chi connectivity index (χ0v) is 7.16. The van der Waals surface area contributed by atoms with E-state index in [0.717, 1.165) is 0 Å². The minimum atomic E-state index is -0.541. The van der Waals surface area contributed by atoms with E-state index < -0.39 is 12.0 Å². The minimum Gasteiger partial charge on any atom is -0.466 e. The van der Waals surface area contributed by atoms with Gasteiger partial charge in [0.1, 0.15) is 0 Å². The Hall–Kier alpha value is -1.41. The Morgan fingerprint density at radius 2 is 2.33 bits per heavy atom. The Bertz CT molecular complexity index is 228. The smallest absolute Gasteiger partial charge is 0.335 e. The van der Waals surface area contributed by atoms with Crippen molar-refractivity contribution in [1.82, 2.24) is 0 Å². The van der Waals surface area contributed by atoms with Gasteiger partial charge >= 0.3 is 5.97 Å². The van der Waals surface area contributed by atoms with Crippen molar-refractivity contribution in [3.63, 3.8) is 0 Å². The van der Waals surface area contributed by atoms with Crippen LogP contribution in [0.5, 0.6) is 0 Å². The number of ether oxygens (including phenoxy) is 1. The molecule has 0 aromatic carbocycles. The van der Waals surface area contributed by atoms with Crippen molar-refractivity contribution in [2.24, 2.45) is 4.99 Å². The predicted molar refractivity (Wildman–Crippen MR) is 43.4 cm³/mol. The van der Waals surface area contributed by atoms with Gasteiger partial charge in [0.15, 0.2) is 0 Å². The molecule has 0 heterocycles. The molecule has 0 bridgehead atoms. The van der Waals surface area contributed by atoms with E-state index in [2.05, 4.69) is 16.3 Å². The molecule has 0 rings (SSSR count). The summed E-state index contributed by atoms with van der Waals surface area (Å²) in [7, 11) is 1.25. The van der Waals surface area contributed by atoms with Gasteiger partial charge in [0.25, 0.3) is 0 Å². The fourth-order valence-electron chi connectivity index (χ4n) is 0.746. The summed E-state index contributed by atoms with van der Waals surface area (Å²) in [6.45, 7) is 5.26.